The van der Waals surface area contributed by atoms with Crippen LogP contribution < -0.4 is 11.1 Å². The van der Waals surface area contributed by atoms with Crippen molar-refractivity contribution in [2.45, 2.75) is 12.2 Å². The van der Waals surface area contributed by atoms with Gasteiger partial charge in [-0.25, -0.2) is 4.98 Å². The summed E-state index contributed by atoms with van der Waals surface area (Å²) in [5.41, 5.74) is 5.51. The number of anilines is 2. The molecular formula is C14H14F3N3O. The lowest BCUT2D eigenvalue weighted by Crippen LogP contribution is -2.17. The van der Waals surface area contributed by atoms with Gasteiger partial charge in [0, 0.05) is 0 Å². The number of aliphatic hydroxyl groups excluding tert-OH is 1. The molecule has 0 saturated carbocycles. The molecule has 1 aromatic heterocycles. The average molecular weight is 297 g/mol. The van der Waals surface area contributed by atoms with Gasteiger partial charge in [0.15, 0.2) is 0 Å². The van der Waals surface area contributed by atoms with Crippen LogP contribution >= 0.6 is 0 Å². The molecule has 0 spiro atoms. The molecule has 1 aromatic carbocycles. The number of hydrogen-bond acceptors (Lipinski definition) is 4. The molecule has 0 aliphatic carbocycles. The number of rotatable bonds is 4. The van der Waals surface area contributed by atoms with E-state index in [0.717, 1.165) is 17.8 Å². The Bertz CT molecular complexity index is 602. The van der Waals surface area contributed by atoms with Gasteiger partial charge < -0.3 is 16.2 Å². The second-order valence-electron chi connectivity index (χ2n) is 4.44. The van der Waals surface area contributed by atoms with E-state index >= 15 is 0 Å². The maximum Gasteiger partial charge on any atom is 0.433 e. The lowest BCUT2D eigenvalue weighted by molar-refractivity contribution is -0.141. The van der Waals surface area contributed by atoms with E-state index in [9.17, 15) is 18.3 Å². The first-order valence-electron chi connectivity index (χ1n) is 6.17. The normalized spacial score (nSPS) is 13.0. The van der Waals surface area contributed by atoms with E-state index in [1.165, 1.54) is 0 Å². The van der Waals surface area contributed by atoms with Crippen LogP contribution in [0.2, 0.25) is 0 Å². The molecule has 112 valence electrons. The van der Waals surface area contributed by atoms with E-state index in [2.05, 4.69) is 10.3 Å². The van der Waals surface area contributed by atoms with Crippen molar-refractivity contribution >= 4 is 11.4 Å². The van der Waals surface area contributed by atoms with Gasteiger partial charge in [0.1, 0.15) is 5.69 Å². The predicted octanol–water partition coefficient (Wildman–Crippen LogP) is 2.83. The summed E-state index contributed by atoms with van der Waals surface area (Å²) in [6, 6.07) is 9.15. The van der Waals surface area contributed by atoms with Gasteiger partial charge >= 0.3 is 6.18 Å². The molecule has 1 unspecified atom stereocenters. The Balaban J connectivity index is 2.29. The van der Waals surface area contributed by atoms with Crippen molar-refractivity contribution in [3.8, 4) is 0 Å². The molecule has 0 bridgehead atoms. The van der Waals surface area contributed by atoms with E-state index in [4.69, 9.17) is 5.73 Å². The van der Waals surface area contributed by atoms with Gasteiger partial charge in [-0.1, -0.05) is 30.3 Å². The molecule has 0 fully saturated rings. The molecule has 0 aliphatic heterocycles. The summed E-state index contributed by atoms with van der Waals surface area (Å²) in [4.78, 5) is 3.26. The summed E-state index contributed by atoms with van der Waals surface area (Å²) >= 11 is 0. The second-order valence-corrected chi connectivity index (χ2v) is 4.44. The first kappa shape index (κ1) is 15.1. The highest BCUT2D eigenvalue weighted by Crippen LogP contribution is 2.32. The summed E-state index contributed by atoms with van der Waals surface area (Å²) in [6.07, 6.45) is -3.60. The molecule has 0 aliphatic rings. The van der Waals surface area contributed by atoms with Crippen LogP contribution in [0.4, 0.5) is 24.5 Å². The quantitative estimate of drug-likeness (QED) is 0.811. The summed E-state index contributed by atoms with van der Waals surface area (Å²) in [7, 11) is 0. The predicted molar refractivity (Wildman–Crippen MR) is 73.5 cm³/mol. The summed E-state index contributed by atoms with van der Waals surface area (Å²) < 4.78 is 38.0. The first-order valence-corrected chi connectivity index (χ1v) is 6.17. The molecule has 0 amide bonds. The lowest BCUT2D eigenvalue weighted by Gasteiger charge is -2.20. The number of nitrogen functional groups attached to an aromatic ring is 1. The fraction of sp³-hybridized carbons (Fsp3) is 0.214. The Morgan fingerprint density at radius 3 is 2.48 bits per heavy atom. The van der Waals surface area contributed by atoms with Crippen molar-refractivity contribution in [3.05, 3.63) is 53.9 Å². The van der Waals surface area contributed by atoms with Crippen molar-refractivity contribution in [2.24, 2.45) is 0 Å². The third-order valence-electron chi connectivity index (χ3n) is 2.94. The van der Waals surface area contributed by atoms with Crippen LogP contribution in [0.25, 0.3) is 0 Å². The zero-order valence-electron chi connectivity index (χ0n) is 10.9. The minimum atomic E-state index is -4.55. The van der Waals surface area contributed by atoms with E-state index in [-0.39, 0.29) is 18.0 Å². The van der Waals surface area contributed by atoms with E-state index < -0.39 is 17.9 Å². The maximum absolute atomic E-state index is 12.7. The number of aliphatic hydroxyl groups is 1. The molecule has 1 atom stereocenters. The first-order chi connectivity index (χ1) is 9.91. The lowest BCUT2D eigenvalue weighted by atomic mass is 10.1. The van der Waals surface area contributed by atoms with Gasteiger partial charge in [-0.2, -0.15) is 13.2 Å². The number of benzene rings is 1. The third kappa shape index (κ3) is 3.63. The summed E-state index contributed by atoms with van der Waals surface area (Å²) in [6.45, 7) is -0.285. The fourth-order valence-electron chi connectivity index (χ4n) is 1.85. The van der Waals surface area contributed by atoms with Gasteiger partial charge in [-0.05, 0) is 11.6 Å². The standard InChI is InChI=1S/C14H14F3N3O/c15-14(16,17)13-6-11(10(18)7-19-13)20-12(8-21)9-4-2-1-3-5-9/h1-7,12,21H,8,18H2,(H,19,20). The van der Waals surface area contributed by atoms with Gasteiger partial charge in [0.2, 0.25) is 0 Å². The van der Waals surface area contributed by atoms with Gasteiger partial charge in [-0.3, -0.25) is 0 Å². The van der Waals surface area contributed by atoms with E-state index in [1.807, 2.05) is 0 Å². The van der Waals surface area contributed by atoms with Gasteiger partial charge in [0.25, 0.3) is 0 Å². The number of aromatic nitrogens is 1. The summed E-state index contributed by atoms with van der Waals surface area (Å²) in [5.74, 6) is 0. The van der Waals surface area contributed by atoms with Crippen LogP contribution in [0.5, 0.6) is 0 Å². The summed E-state index contributed by atoms with van der Waals surface area (Å²) in [5, 5.41) is 12.2. The van der Waals surface area contributed by atoms with E-state index in [0.29, 0.717) is 0 Å². The molecule has 7 heteroatoms. The van der Waals surface area contributed by atoms with Crippen molar-refractivity contribution in [1.29, 1.82) is 0 Å². The zero-order chi connectivity index (χ0) is 15.5. The average Bonchev–Trinajstić information content (AvgIpc) is 2.46. The van der Waals surface area contributed by atoms with Crippen LogP contribution in [0.3, 0.4) is 0 Å². The highest BCUT2D eigenvalue weighted by atomic mass is 19.4. The van der Waals surface area contributed by atoms with Gasteiger partial charge in [-0.15, -0.1) is 0 Å². The van der Waals surface area contributed by atoms with Crippen LogP contribution in [0.1, 0.15) is 17.3 Å². The van der Waals surface area contributed by atoms with E-state index in [1.54, 1.807) is 30.3 Å². The molecule has 0 saturated heterocycles. The Hall–Kier alpha value is -2.28. The third-order valence-corrected chi connectivity index (χ3v) is 2.94. The van der Waals surface area contributed by atoms with Crippen molar-refractivity contribution in [2.75, 3.05) is 17.7 Å². The highest BCUT2D eigenvalue weighted by molar-refractivity contribution is 5.66. The topological polar surface area (TPSA) is 71.2 Å². The Morgan fingerprint density at radius 2 is 1.90 bits per heavy atom. The Morgan fingerprint density at radius 1 is 1.24 bits per heavy atom. The van der Waals surface area contributed by atoms with Crippen molar-refractivity contribution in [1.82, 2.24) is 4.98 Å². The minimum Gasteiger partial charge on any atom is -0.396 e. The fourth-order valence-corrected chi connectivity index (χ4v) is 1.85. The molecule has 4 nitrogen and oxygen atoms in total. The largest absolute Gasteiger partial charge is 0.433 e. The molecule has 0 radical (unpaired) electrons. The van der Waals surface area contributed by atoms with Crippen molar-refractivity contribution < 1.29 is 18.3 Å². The Kier molecular flexibility index (Phi) is 4.32. The number of pyridine rings is 1. The van der Waals surface area contributed by atoms with Crippen LogP contribution in [-0.4, -0.2) is 16.7 Å². The molecule has 21 heavy (non-hydrogen) atoms. The maximum atomic E-state index is 12.7. The second kappa shape index (κ2) is 6.01. The number of halogens is 3. The van der Waals surface area contributed by atoms with Crippen LogP contribution in [-0.2, 0) is 6.18 Å². The smallest absolute Gasteiger partial charge is 0.396 e. The zero-order valence-corrected chi connectivity index (χ0v) is 10.9. The SMILES string of the molecule is Nc1cnc(C(F)(F)F)cc1NC(CO)c1ccccc1. The minimum absolute atomic E-state index is 0.0809. The number of alkyl halides is 3. The van der Waals surface area contributed by atoms with Crippen LogP contribution in [0, 0.1) is 0 Å². The number of hydrogen-bond donors (Lipinski definition) is 3. The molecule has 1 heterocycles. The van der Waals surface area contributed by atoms with Gasteiger partial charge in [0.05, 0.1) is 30.2 Å². The molecular weight excluding hydrogens is 283 g/mol. The Labute approximate surface area is 119 Å². The number of nitrogens with zero attached hydrogens (tertiary/aromatic N) is 1. The monoisotopic (exact) mass is 297 g/mol. The number of nitrogens with two attached hydrogens (primary N) is 1. The number of nitrogens with one attached hydrogen (secondary N) is 1. The highest BCUT2D eigenvalue weighted by Gasteiger charge is 2.33. The molecule has 2 rings (SSSR count). The van der Waals surface area contributed by atoms with Crippen LogP contribution in [0.15, 0.2) is 42.6 Å². The van der Waals surface area contributed by atoms with Crippen molar-refractivity contribution in [3.63, 3.8) is 0 Å². The molecule has 2 aromatic rings. The molecule has 4 N–H and O–H groups in total.